The topological polar surface area (TPSA) is 100 Å². The van der Waals surface area contributed by atoms with Crippen LogP contribution in [0.1, 0.15) is 57.5 Å². The number of fused-ring (bicyclic) bond motifs is 2. The number of hydrogen-bond acceptors (Lipinski definition) is 7. The van der Waals surface area contributed by atoms with Crippen LogP contribution in [0.15, 0.2) is 41.1 Å². The first-order valence-electron chi connectivity index (χ1n) is 12.9. The number of carbonyl (C=O) groups excluding carboxylic acids is 1. The largest absolute Gasteiger partial charge is 0.444 e. The van der Waals surface area contributed by atoms with Gasteiger partial charge in [-0.3, -0.25) is 4.98 Å². The Morgan fingerprint density at radius 2 is 2.08 bits per heavy atom. The summed E-state index contributed by atoms with van der Waals surface area (Å²) < 4.78 is 16.2. The summed E-state index contributed by atoms with van der Waals surface area (Å²) in [6.07, 6.45) is 7.08. The number of ether oxygens (including phenoxy) is 2. The Kier molecular flexibility index (Phi) is 6.43. The monoisotopic (exact) mass is 579 g/mol. The second-order valence-electron chi connectivity index (χ2n) is 10.8. The van der Waals surface area contributed by atoms with Crippen LogP contribution in [0.4, 0.5) is 4.79 Å². The van der Waals surface area contributed by atoms with E-state index in [9.17, 15) is 4.79 Å². The Labute approximate surface area is 229 Å². The fourth-order valence-corrected chi connectivity index (χ4v) is 5.31. The van der Waals surface area contributed by atoms with Crippen molar-refractivity contribution in [3.63, 3.8) is 0 Å². The summed E-state index contributed by atoms with van der Waals surface area (Å²) in [5, 5.41) is 14.8. The van der Waals surface area contributed by atoms with E-state index < -0.39 is 5.60 Å². The molecule has 5 heterocycles. The first kappa shape index (κ1) is 25.0. The zero-order chi connectivity index (χ0) is 26.4. The van der Waals surface area contributed by atoms with Crippen molar-refractivity contribution in [2.45, 2.75) is 64.8 Å². The predicted octanol–water partition coefficient (Wildman–Crippen LogP) is 5.43. The molecule has 1 aromatic carbocycles. The van der Waals surface area contributed by atoms with Crippen LogP contribution < -0.4 is 0 Å². The van der Waals surface area contributed by atoms with Crippen molar-refractivity contribution in [3.8, 4) is 17.1 Å². The number of benzene rings is 1. The van der Waals surface area contributed by atoms with Crippen molar-refractivity contribution in [2.24, 2.45) is 0 Å². The Morgan fingerprint density at radius 1 is 1.21 bits per heavy atom. The van der Waals surface area contributed by atoms with E-state index in [1.165, 1.54) is 0 Å². The lowest BCUT2D eigenvalue weighted by Crippen LogP contribution is -2.40. The number of rotatable bonds is 3. The Hall–Kier alpha value is -3.31. The molecule has 4 aromatic rings. The lowest BCUT2D eigenvalue weighted by molar-refractivity contribution is -0.0365. The minimum atomic E-state index is -0.528. The number of hydrogen-bond donors (Lipinski definition) is 0. The Bertz CT molecular complexity index is 1500. The first-order valence-corrected chi connectivity index (χ1v) is 13.7. The van der Waals surface area contributed by atoms with Gasteiger partial charge >= 0.3 is 6.09 Å². The lowest BCUT2D eigenvalue weighted by atomic mass is 10.0. The molecule has 10 nitrogen and oxygen atoms in total. The van der Waals surface area contributed by atoms with Crippen molar-refractivity contribution < 1.29 is 14.3 Å². The predicted molar refractivity (Wildman–Crippen MR) is 145 cm³/mol. The number of pyridine rings is 1. The maximum absolute atomic E-state index is 12.5. The summed E-state index contributed by atoms with van der Waals surface area (Å²) in [5.74, 6) is 0. The molecule has 0 N–H and O–H groups in total. The molecule has 1 saturated heterocycles. The molecule has 0 radical (unpaired) electrons. The average molecular weight is 580 g/mol. The number of aromatic nitrogens is 6. The summed E-state index contributed by atoms with van der Waals surface area (Å²) in [4.78, 5) is 18.9. The highest BCUT2D eigenvalue weighted by molar-refractivity contribution is 9.10. The normalized spacial score (nSPS) is 18.0. The van der Waals surface area contributed by atoms with Crippen molar-refractivity contribution in [2.75, 3.05) is 13.2 Å². The molecule has 0 aliphatic carbocycles. The first-order chi connectivity index (χ1) is 18.2. The van der Waals surface area contributed by atoms with E-state index in [0.717, 1.165) is 63.9 Å². The summed E-state index contributed by atoms with van der Waals surface area (Å²) in [6, 6.07) is 8.21. The molecule has 1 atom stereocenters. The van der Waals surface area contributed by atoms with Gasteiger partial charge in [-0.1, -0.05) is 21.1 Å². The van der Waals surface area contributed by atoms with Gasteiger partial charge in [0.05, 0.1) is 35.8 Å². The van der Waals surface area contributed by atoms with Crippen LogP contribution in [0.5, 0.6) is 0 Å². The van der Waals surface area contributed by atoms with Gasteiger partial charge in [-0.25, -0.2) is 14.2 Å². The molecule has 2 aliphatic rings. The fourth-order valence-electron chi connectivity index (χ4n) is 4.94. The third kappa shape index (κ3) is 4.92. The van der Waals surface area contributed by atoms with E-state index in [2.05, 4.69) is 49.4 Å². The van der Waals surface area contributed by atoms with E-state index >= 15 is 0 Å². The minimum Gasteiger partial charge on any atom is -0.444 e. The van der Waals surface area contributed by atoms with Crippen LogP contribution in [0, 0.1) is 0 Å². The van der Waals surface area contributed by atoms with Gasteiger partial charge in [0.15, 0.2) is 6.23 Å². The number of carbonyl (C=O) groups is 1. The molecule has 6 rings (SSSR count). The van der Waals surface area contributed by atoms with Crippen LogP contribution in [-0.4, -0.2) is 59.5 Å². The quantitative estimate of drug-likeness (QED) is 0.319. The molecule has 0 bridgehead atoms. The Balaban J connectivity index is 1.27. The number of halogens is 1. The molecule has 0 spiro atoms. The van der Waals surface area contributed by atoms with Crippen LogP contribution in [0.2, 0.25) is 0 Å². The minimum absolute atomic E-state index is 0.0821. The van der Waals surface area contributed by atoms with Crippen LogP contribution >= 0.6 is 15.9 Å². The molecular weight excluding hydrogens is 550 g/mol. The third-order valence-corrected chi connectivity index (χ3v) is 7.28. The highest BCUT2D eigenvalue weighted by Gasteiger charge is 2.27. The molecule has 2 aliphatic heterocycles. The SMILES string of the molecule is CC(C)(C)OC(=O)N1CCc2cc(-n3cc(-c4nn(C5CCCCO5)c5ccc(Br)cc45)nn3)cnc2C1. The van der Waals surface area contributed by atoms with Gasteiger partial charge in [-0.15, -0.1) is 5.10 Å². The molecule has 1 fully saturated rings. The maximum atomic E-state index is 12.5. The molecule has 198 valence electrons. The zero-order valence-corrected chi connectivity index (χ0v) is 23.3. The van der Waals surface area contributed by atoms with Crippen molar-refractivity contribution in [1.29, 1.82) is 0 Å². The average Bonchev–Trinajstić information content (AvgIpc) is 3.52. The van der Waals surface area contributed by atoms with Crippen molar-refractivity contribution in [3.05, 3.63) is 52.4 Å². The van der Waals surface area contributed by atoms with Crippen LogP contribution in [-0.2, 0) is 22.4 Å². The van der Waals surface area contributed by atoms with E-state index in [1.807, 2.05) is 37.7 Å². The number of amides is 1. The highest BCUT2D eigenvalue weighted by Crippen LogP contribution is 2.34. The Morgan fingerprint density at radius 3 is 2.87 bits per heavy atom. The summed E-state index contributed by atoms with van der Waals surface area (Å²) >= 11 is 3.60. The van der Waals surface area contributed by atoms with E-state index in [4.69, 9.17) is 14.6 Å². The van der Waals surface area contributed by atoms with Crippen LogP contribution in [0.25, 0.3) is 28.0 Å². The molecule has 0 saturated carbocycles. The van der Waals surface area contributed by atoms with Crippen molar-refractivity contribution >= 4 is 32.9 Å². The van der Waals surface area contributed by atoms with Gasteiger partial charge in [0.1, 0.15) is 17.0 Å². The van der Waals surface area contributed by atoms with Gasteiger partial charge < -0.3 is 14.4 Å². The van der Waals surface area contributed by atoms with Crippen molar-refractivity contribution in [1.82, 2.24) is 34.7 Å². The summed E-state index contributed by atoms with van der Waals surface area (Å²) in [5.41, 5.74) is 4.70. The molecule has 1 unspecified atom stereocenters. The van der Waals surface area contributed by atoms with Gasteiger partial charge in [-0.05, 0) is 76.3 Å². The van der Waals surface area contributed by atoms with Gasteiger partial charge in [-0.2, -0.15) is 5.10 Å². The van der Waals surface area contributed by atoms with Crippen LogP contribution in [0.3, 0.4) is 0 Å². The van der Waals surface area contributed by atoms with Gasteiger partial charge in [0.2, 0.25) is 0 Å². The zero-order valence-electron chi connectivity index (χ0n) is 21.7. The lowest BCUT2D eigenvalue weighted by Gasteiger charge is -2.30. The van der Waals surface area contributed by atoms with Gasteiger partial charge in [0, 0.05) is 23.0 Å². The molecule has 38 heavy (non-hydrogen) atoms. The number of nitrogens with zero attached hydrogens (tertiary/aromatic N) is 7. The summed E-state index contributed by atoms with van der Waals surface area (Å²) in [6.45, 7) is 7.36. The fraction of sp³-hybridized carbons (Fsp3) is 0.444. The standard InChI is InChI=1S/C27H30BrN7O3/c1-27(2,3)38-26(36)33-10-9-17-12-19(14-29-21(17)15-33)34-16-22(30-32-34)25-20-13-18(28)7-8-23(20)35(31-25)24-6-4-5-11-37-24/h7-8,12-14,16,24H,4-6,9-11,15H2,1-3H3. The second kappa shape index (κ2) is 9.77. The molecular formula is C27H30BrN7O3. The van der Waals surface area contributed by atoms with Gasteiger partial charge in [0.25, 0.3) is 0 Å². The maximum Gasteiger partial charge on any atom is 0.410 e. The molecule has 3 aromatic heterocycles. The smallest absolute Gasteiger partial charge is 0.410 e. The molecule has 11 heteroatoms. The highest BCUT2D eigenvalue weighted by atomic mass is 79.9. The third-order valence-electron chi connectivity index (χ3n) is 6.79. The van der Waals surface area contributed by atoms with E-state index in [1.54, 1.807) is 15.8 Å². The molecule has 1 amide bonds. The summed E-state index contributed by atoms with van der Waals surface area (Å²) in [7, 11) is 0. The van der Waals surface area contributed by atoms with E-state index in [-0.39, 0.29) is 12.3 Å². The second-order valence-corrected chi connectivity index (χ2v) is 11.7. The van der Waals surface area contributed by atoms with E-state index in [0.29, 0.717) is 25.2 Å².